The molecule has 190 valence electrons. The van der Waals surface area contributed by atoms with Gasteiger partial charge in [-0.2, -0.15) is 0 Å². The first-order valence-corrected chi connectivity index (χ1v) is 14.8. The lowest BCUT2D eigenvalue weighted by molar-refractivity contribution is -0.143. The SMILES string of the molecule is CCCCOC(=O)CCc1ccc2ccccc2c1-c1ccccc1P(c1ccccc1)c1ccccc1. The smallest absolute Gasteiger partial charge is 0.306 e. The van der Waals surface area contributed by atoms with E-state index in [1.807, 2.05) is 0 Å². The van der Waals surface area contributed by atoms with Gasteiger partial charge in [-0.1, -0.05) is 135 Å². The highest BCUT2D eigenvalue weighted by atomic mass is 31.1. The number of fused-ring (bicyclic) bond motifs is 1. The summed E-state index contributed by atoms with van der Waals surface area (Å²) in [7, 11) is -0.782. The number of rotatable bonds is 10. The first kappa shape index (κ1) is 25.9. The van der Waals surface area contributed by atoms with Gasteiger partial charge in [-0.05, 0) is 64.1 Å². The second kappa shape index (κ2) is 12.7. The van der Waals surface area contributed by atoms with Crippen LogP contribution in [-0.4, -0.2) is 12.6 Å². The number of hydrogen-bond acceptors (Lipinski definition) is 2. The molecule has 0 aliphatic heterocycles. The minimum absolute atomic E-state index is 0.123. The van der Waals surface area contributed by atoms with Crippen LogP contribution in [0.15, 0.2) is 121 Å². The zero-order chi connectivity index (χ0) is 26.2. The van der Waals surface area contributed by atoms with Crippen molar-refractivity contribution in [1.29, 1.82) is 0 Å². The highest BCUT2D eigenvalue weighted by Gasteiger charge is 2.22. The van der Waals surface area contributed by atoms with Crippen LogP contribution in [-0.2, 0) is 16.0 Å². The number of hydrogen-bond donors (Lipinski definition) is 0. The van der Waals surface area contributed by atoms with Gasteiger partial charge < -0.3 is 4.74 Å². The van der Waals surface area contributed by atoms with E-state index >= 15 is 0 Å². The van der Waals surface area contributed by atoms with Crippen LogP contribution in [0.2, 0.25) is 0 Å². The maximum Gasteiger partial charge on any atom is 0.306 e. The van der Waals surface area contributed by atoms with Crippen LogP contribution in [0.4, 0.5) is 0 Å². The molecular weight excluding hydrogens is 483 g/mol. The van der Waals surface area contributed by atoms with Crippen molar-refractivity contribution in [2.45, 2.75) is 32.6 Å². The predicted molar refractivity (Wildman–Crippen MR) is 162 cm³/mol. The van der Waals surface area contributed by atoms with E-state index in [0.717, 1.165) is 12.8 Å². The molecule has 0 heterocycles. The first-order chi connectivity index (χ1) is 18.8. The number of aryl methyl sites for hydroxylation is 1. The van der Waals surface area contributed by atoms with Crippen molar-refractivity contribution >= 4 is 40.6 Å². The largest absolute Gasteiger partial charge is 0.466 e. The summed E-state index contributed by atoms with van der Waals surface area (Å²) < 4.78 is 5.48. The van der Waals surface area contributed by atoms with E-state index in [4.69, 9.17) is 4.74 Å². The lowest BCUT2D eigenvalue weighted by atomic mass is 9.91. The molecule has 0 fully saturated rings. The Hall–Kier alpha value is -3.74. The topological polar surface area (TPSA) is 26.3 Å². The molecule has 3 heteroatoms. The molecule has 0 aliphatic carbocycles. The quantitative estimate of drug-likeness (QED) is 0.109. The summed E-state index contributed by atoms with van der Waals surface area (Å²) in [5.41, 5.74) is 3.64. The van der Waals surface area contributed by atoms with E-state index in [2.05, 4.69) is 128 Å². The molecule has 0 aromatic heterocycles. The first-order valence-electron chi connectivity index (χ1n) is 13.4. The Morgan fingerprint density at radius 2 is 1.34 bits per heavy atom. The molecule has 0 atom stereocenters. The summed E-state index contributed by atoms with van der Waals surface area (Å²) >= 11 is 0. The minimum atomic E-state index is -0.782. The summed E-state index contributed by atoms with van der Waals surface area (Å²) in [6.07, 6.45) is 2.95. The summed E-state index contributed by atoms with van der Waals surface area (Å²) in [6.45, 7) is 2.60. The number of unbranched alkanes of at least 4 members (excludes halogenated alkanes) is 1. The van der Waals surface area contributed by atoms with Crippen molar-refractivity contribution in [3.05, 3.63) is 127 Å². The molecule has 0 amide bonds. The van der Waals surface area contributed by atoms with Gasteiger partial charge in [0.1, 0.15) is 0 Å². The van der Waals surface area contributed by atoms with E-state index in [9.17, 15) is 4.79 Å². The van der Waals surface area contributed by atoms with Gasteiger partial charge in [0.15, 0.2) is 0 Å². The Morgan fingerprint density at radius 3 is 2.05 bits per heavy atom. The lowest BCUT2D eigenvalue weighted by Gasteiger charge is -2.24. The second-order valence-corrected chi connectivity index (χ2v) is 11.6. The van der Waals surface area contributed by atoms with Gasteiger partial charge in [0.05, 0.1) is 6.61 Å². The molecule has 2 nitrogen and oxygen atoms in total. The fourth-order valence-electron chi connectivity index (χ4n) is 4.94. The minimum Gasteiger partial charge on any atom is -0.466 e. The fraction of sp³-hybridized carbons (Fsp3) is 0.171. The molecule has 5 aromatic carbocycles. The van der Waals surface area contributed by atoms with Crippen molar-refractivity contribution in [2.75, 3.05) is 6.61 Å². The maximum absolute atomic E-state index is 12.5. The Morgan fingerprint density at radius 1 is 0.711 bits per heavy atom. The molecule has 0 radical (unpaired) electrons. The van der Waals surface area contributed by atoms with E-state index in [-0.39, 0.29) is 5.97 Å². The molecule has 0 saturated heterocycles. The zero-order valence-corrected chi connectivity index (χ0v) is 22.7. The van der Waals surface area contributed by atoms with Gasteiger partial charge >= 0.3 is 5.97 Å². The Kier molecular flexibility index (Phi) is 8.64. The summed E-state index contributed by atoms with van der Waals surface area (Å²) in [4.78, 5) is 12.5. The zero-order valence-electron chi connectivity index (χ0n) is 21.8. The molecule has 5 rings (SSSR count). The number of benzene rings is 5. The van der Waals surface area contributed by atoms with E-state index in [1.54, 1.807) is 0 Å². The molecule has 0 spiro atoms. The second-order valence-electron chi connectivity index (χ2n) is 9.42. The van der Waals surface area contributed by atoms with Gasteiger partial charge in [-0.3, -0.25) is 4.79 Å². The van der Waals surface area contributed by atoms with Gasteiger partial charge in [0.2, 0.25) is 0 Å². The van der Waals surface area contributed by atoms with Crippen molar-refractivity contribution in [3.63, 3.8) is 0 Å². The van der Waals surface area contributed by atoms with Crippen LogP contribution < -0.4 is 15.9 Å². The van der Waals surface area contributed by atoms with Crippen LogP contribution in [0.25, 0.3) is 21.9 Å². The van der Waals surface area contributed by atoms with Crippen LogP contribution >= 0.6 is 7.92 Å². The number of ether oxygens (including phenoxy) is 1. The molecule has 0 saturated carbocycles. The summed E-state index contributed by atoms with van der Waals surface area (Å²) in [5.74, 6) is -0.123. The van der Waals surface area contributed by atoms with Crippen molar-refractivity contribution in [2.24, 2.45) is 0 Å². The number of carbonyl (C=O) groups excluding carboxylic acids is 1. The van der Waals surface area contributed by atoms with Crippen LogP contribution in [0.3, 0.4) is 0 Å². The predicted octanol–water partition coefficient (Wildman–Crippen LogP) is 7.54. The molecule has 0 unspecified atom stereocenters. The molecule has 0 bridgehead atoms. The third-order valence-corrected chi connectivity index (χ3v) is 9.32. The van der Waals surface area contributed by atoms with Gasteiger partial charge in [0, 0.05) is 6.42 Å². The fourth-order valence-corrected chi connectivity index (χ4v) is 7.40. The van der Waals surface area contributed by atoms with Crippen molar-refractivity contribution in [3.8, 4) is 11.1 Å². The third-order valence-electron chi connectivity index (χ3n) is 6.82. The monoisotopic (exact) mass is 516 g/mol. The van der Waals surface area contributed by atoms with Gasteiger partial charge in [-0.25, -0.2) is 0 Å². The van der Waals surface area contributed by atoms with Crippen LogP contribution in [0.5, 0.6) is 0 Å². The van der Waals surface area contributed by atoms with Crippen LogP contribution in [0.1, 0.15) is 31.7 Å². The Labute approximate surface area is 227 Å². The Balaban J connectivity index is 1.64. The van der Waals surface area contributed by atoms with E-state index in [0.29, 0.717) is 19.4 Å². The standard InChI is InChI=1S/C35H33O2P/c1-2-3-26-37-34(36)25-24-28-23-22-27-14-10-11-19-31(27)35(28)32-20-12-13-21-33(32)38(29-15-6-4-7-16-29)30-17-8-5-9-18-30/h4-23H,2-3,24-26H2,1H3. The number of carbonyl (C=O) groups is 1. The average Bonchev–Trinajstić information content (AvgIpc) is 2.97. The van der Waals surface area contributed by atoms with Crippen molar-refractivity contribution in [1.82, 2.24) is 0 Å². The van der Waals surface area contributed by atoms with Gasteiger partial charge in [0.25, 0.3) is 0 Å². The highest BCUT2D eigenvalue weighted by molar-refractivity contribution is 7.80. The molecule has 0 aliphatic rings. The summed E-state index contributed by atoms with van der Waals surface area (Å²) in [6, 6.07) is 43.4. The average molecular weight is 517 g/mol. The van der Waals surface area contributed by atoms with Gasteiger partial charge in [-0.15, -0.1) is 0 Å². The molecular formula is C35H33O2P. The lowest BCUT2D eigenvalue weighted by Crippen LogP contribution is -2.22. The number of esters is 1. The molecule has 5 aromatic rings. The molecule has 38 heavy (non-hydrogen) atoms. The van der Waals surface area contributed by atoms with Crippen LogP contribution in [0, 0.1) is 0 Å². The van der Waals surface area contributed by atoms with Crippen molar-refractivity contribution < 1.29 is 9.53 Å². The summed E-state index contributed by atoms with van der Waals surface area (Å²) in [5, 5.41) is 6.39. The molecule has 0 N–H and O–H groups in total. The van der Waals surface area contributed by atoms with E-state index in [1.165, 1.54) is 43.4 Å². The normalized spacial score (nSPS) is 11.1. The maximum atomic E-state index is 12.5. The third kappa shape index (κ3) is 5.87. The van der Waals surface area contributed by atoms with E-state index < -0.39 is 7.92 Å². The highest BCUT2D eigenvalue weighted by Crippen LogP contribution is 2.40. The Bertz CT molecular complexity index is 1460.